The maximum atomic E-state index is 5.96. The van der Waals surface area contributed by atoms with E-state index in [-0.39, 0.29) is 49.5 Å². The van der Waals surface area contributed by atoms with E-state index in [1.54, 1.807) is 0 Å². The van der Waals surface area contributed by atoms with Crippen molar-refractivity contribution in [3.63, 3.8) is 0 Å². The van der Waals surface area contributed by atoms with E-state index in [4.69, 9.17) is 4.74 Å². The minimum Gasteiger partial charge on any atom is -0.453 e. The molecule has 0 radical (unpaired) electrons. The van der Waals surface area contributed by atoms with E-state index in [0.717, 1.165) is 22.9 Å². The maximum Gasteiger partial charge on any atom is 0.183 e. The number of rotatable bonds is 6. The summed E-state index contributed by atoms with van der Waals surface area (Å²) in [4.78, 5) is 14.9. The van der Waals surface area contributed by atoms with E-state index >= 15 is 0 Å². The fraction of sp³-hybridized carbons (Fsp3) is 0.255. The highest BCUT2D eigenvalue weighted by molar-refractivity contribution is 7.99. The second kappa shape index (κ2) is 40.2. The summed E-state index contributed by atoms with van der Waals surface area (Å²) in [6, 6.07) is 152. The van der Waals surface area contributed by atoms with Crippen LogP contribution < -0.4 is 50.0 Å². The molecule has 6 heterocycles. The first-order chi connectivity index (χ1) is 69.8. The van der Waals surface area contributed by atoms with Gasteiger partial charge in [-0.1, -0.05) is 340 Å². The van der Waals surface area contributed by atoms with Gasteiger partial charge in [0, 0.05) is 121 Å². The van der Waals surface area contributed by atoms with Gasteiger partial charge in [0.1, 0.15) is 0 Å². The van der Waals surface area contributed by atoms with Gasteiger partial charge in [0.2, 0.25) is 0 Å². The average Bonchev–Trinajstić information content (AvgIpc) is 0.943. The molecule has 0 fully saturated rings. The molecule has 2 aromatic heterocycles. The third kappa shape index (κ3) is 20.4. The zero-order valence-electron chi connectivity index (χ0n) is 91.3. The number of hydrogen-bond donors (Lipinski definition) is 0. The molecule has 10 heteroatoms. The number of nitrogens with zero attached hydrogens (tertiary/aromatic N) is 7. The molecule has 0 atom stereocenters. The van der Waals surface area contributed by atoms with E-state index in [1.165, 1.54) is 159 Å². The first-order valence-electron chi connectivity index (χ1n) is 52.4. The Morgan fingerprint density at radius 1 is 0.259 bits per heavy atom. The van der Waals surface area contributed by atoms with E-state index in [1.807, 2.05) is 36.0 Å². The summed E-state index contributed by atoms with van der Waals surface area (Å²) in [5, 5.41) is 11.0. The van der Waals surface area contributed by atoms with Gasteiger partial charge in [0.05, 0.1) is 33.8 Å². The van der Waals surface area contributed by atoms with Gasteiger partial charge >= 0.3 is 0 Å². The summed E-state index contributed by atoms with van der Waals surface area (Å²) in [6.45, 7) is 59.0. The summed E-state index contributed by atoms with van der Waals surface area (Å²) in [7, 11) is -2.44. The molecule has 23 rings (SSSR count). The van der Waals surface area contributed by atoms with Crippen molar-refractivity contribution in [2.24, 2.45) is 0 Å². The lowest BCUT2D eigenvalue weighted by molar-refractivity contribution is 0.423. The fourth-order valence-corrected chi connectivity index (χ4v) is 28.6. The van der Waals surface area contributed by atoms with Crippen molar-refractivity contribution >= 4 is 141 Å². The number of anilines is 10. The number of hydrogen-bond acceptors (Lipinski definition) is 7. The number of ether oxygens (including phenoxy) is 1. The molecular formula is C137H147N7OSSi. The molecule has 0 amide bonds. The van der Waals surface area contributed by atoms with E-state index in [9.17, 15) is 0 Å². The second-order valence-electron chi connectivity index (χ2n) is 48.1. The molecule has 0 bridgehead atoms. The van der Waals surface area contributed by atoms with Crippen LogP contribution >= 0.6 is 11.8 Å². The molecule has 746 valence electrons. The summed E-state index contributed by atoms with van der Waals surface area (Å²) in [5.41, 5.74) is 27.5. The van der Waals surface area contributed by atoms with Crippen LogP contribution in [0.15, 0.2) is 428 Å². The molecule has 17 aromatic carbocycles. The highest BCUT2D eigenvalue weighted by Crippen LogP contribution is 2.55. The normalized spacial score (nSPS) is 13.9. The van der Waals surface area contributed by atoms with Gasteiger partial charge in [0.25, 0.3) is 0 Å². The Balaban J connectivity index is 0.000000118. The Morgan fingerprint density at radius 2 is 0.565 bits per heavy atom. The van der Waals surface area contributed by atoms with Crippen LogP contribution in [0.4, 0.5) is 56.9 Å². The molecule has 147 heavy (non-hydrogen) atoms. The highest BCUT2D eigenvalue weighted by Gasteiger charge is 2.50. The molecule has 0 aliphatic carbocycles. The van der Waals surface area contributed by atoms with Crippen molar-refractivity contribution in [3.8, 4) is 28.3 Å². The summed E-state index contributed by atoms with van der Waals surface area (Å²) >= 11 is 1.86. The minimum absolute atomic E-state index is 0.00104. The van der Waals surface area contributed by atoms with Gasteiger partial charge in [-0.15, -0.1) is 0 Å². The van der Waals surface area contributed by atoms with Crippen LogP contribution in [0, 0.1) is 0 Å². The van der Waals surface area contributed by atoms with Crippen LogP contribution in [-0.2, 0) is 21.8 Å². The van der Waals surface area contributed by atoms with E-state index < -0.39 is 8.07 Å². The third-order valence-corrected chi connectivity index (χ3v) is 34.7. The number of para-hydroxylation sites is 13. The monoisotopic (exact) mass is 1970 g/mol. The van der Waals surface area contributed by atoms with Crippen molar-refractivity contribution < 1.29 is 4.74 Å². The largest absolute Gasteiger partial charge is 0.453 e. The van der Waals surface area contributed by atoms with Gasteiger partial charge in [0.15, 0.2) is 19.6 Å². The van der Waals surface area contributed by atoms with Crippen LogP contribution in [0.5, 0.6) is 11.5 Å². The standard InChI is InChI=1S/C34H28N2.C28H27NSi.C24H35N.C19H23N.C16H17NO.C16H17NS/c1-34(2,3)36-32-16-10-8-14-27(32)29-22-24(18-20-33(29)36)23-17-19-31-28(21-23)26-13-7-9-15-30(26)35(31)25-11-5-4-6-12-25;1-28(2,3)29-24-18-10-12-20-26(24)30(22-14-6-4-7-15-22,23-16-8-5-9-17-23)27-21-13-11-19-25(27)29;1-22(2,3)18-10-14-20(15-11-18)25(24(7,8)9)21-16-12-19(13-17-21)23(4,5)6;1-18(2,3)20-16-12-8-6-10-14(16)19(4,5)15-11-7-9-13-17(15)20;2*1-16(2,3)17-12-8-4-6-10-14(12)18-15-11-7-5-9-13(15)17/h4-22H,1-3H3;4-21H,1-3H3;10-17H,1-9H3;6-13H,1-5H3;2*4-11H,1-3H3. The highest BCUT2D eigenvalue weighted by atomic mass is 32.2. The molecule has 8 nitrogen and oxygen atoms in total. The van der Waals surface area contributed by atoms with Crippen LogP contribution in [-0.4, -0.2) is 44.9 Å². The molecule has 0 saturated heterocycles. The van der Waals surface area contributed by atoms with Crippen LogP contribution in [0.1, 0.15) is 202 Å². The van der Waals surface area contributed by atoms with Gasteiger partial charge in [-0.25, -0.2) is 0 Å². The Hall–Kier alpha value is -14.3. The van der Waals surface area contributed by atoms with Crippen molar-refractivity contribution in [2.75, 3.05) is 24.5 Å². The fourth-order valence-electron chi connectivity index (χ4n) is 22.4. The van der Waals surface area contributed by atoms with Crippen molar-refractivity contribution in [1.29, 1.82) is 0 Å². The smallest absolute Gasteiger partial charge is 0.183 e. The number of fused-ring (bicyclic) bond motifs is 14. The van der Waals surface area contributed by atoms with Crippen molar-refractivity contribution in [2.45, 2.75) is 239 Å². The Kier molecular flexibility index (Phi) is 28.1. The predicted octanol–water partition coefficient (Wildman–Crippen LogP) is 35.9. The second-order valence-corrected chi connectivity index (χ2v) is 52.9. The average molecular weight is 1970 g/mol. The molecule has 4 aliphatic rings. The first kappa shape index (κ1) is 103. The van der Waals surface area contributed by atoms with Gasteiger partial charge < -0.3 is 38.4 Å². The molecule has 0 unspecified atom stereocenters. The maximum absolute atomic E-state index is 5.96. The SMILES string of the molecule is CC(C)(C)N1c2ccccc2Oc2ccccc21.CC(C)(C)N1c2ccccc2Sc2ccccc21.CC(C)(C)N1c2ccccc2[Si](c2ccccc2)(c2ccccc2)c2ccccc21.CC(C)(C)c1ccc(N(c2ccc(C(C)(C)C)cc2)C(C)(C)C)cc1.CC(C)(C)n1c2ccccc2c2cc(-c3ccc4c(c3)c3ccccc3n4-c3ccccc3)ccc21.CC1(C)c2ccccc2N(C(C)(C)C)c2ccccc21. The molecule has 0 saturated carbocycles. The lowest BCUT2D eigenvalue weighted by Gasteiger charge is -2.49. The lowest BCUT2D eigenvalue weighted by atomic mass is 9.73. The predicted molar refractivity (Wildman–Crippen MR) is 639 cm³/mol. The van der Waals surface area contributed by atoms with Gasteiger partial charge in [-0.3, -0.25) is 0 Å². The minimum atomic E-state index is -2.44. The van der Waals surface area contributed by atoms with E-state index in [0.29, 0.717) is 0 Å². The zero-order chi connectivity index (χ0) is 104. The molecule has 19 aromatic rings. The summed E-state index contributed by atoms with van der Waals surface area (Å²) < 4.78 is 10.8. The van der Waals surface area contributed by atoms with Gasteiger partial charge in [-0.05, 0) is 335 Å². The zero-order valence-corrected chi connectivity index (χ0v) is 93.1. The number of aromatic nitrogens is 2. The van der Waals surface area contributed by atoms with Crippen molar-refractivity contribution in [1.82, 2.24) is 9.13 Å². The number of benzene rings is 17. The Morgan fingerprint density at radius 3 is 0.980 bits per heavy atom. The lowest BCUT2D eigenvalue weighted by Crippen LogP contribution is -2.78. The summed E-state index contributed by atoms with van der Waals surface area (Å²) in [6.07, 6.45) is 0. The van der Waals surface area contributed by atoms with Crippen LogP contribution in [0.3, 0.4) is 0 Å². The van der Waals surface area contributed by atoms with Gasteiger partial charge in [-0.2, -0.15) is 0 Å². The molecule has 0 N–H and O–H groups in total. The molecule has 0 spiro atoms. The van der Waals surface area contributed by atoms with Crippen molar-refractivity contribution in [3.05, 3.63) is 441 Å². The Bertz CT molecular complexity index is 7520. The Labute approximate surface area is 881 Å². The van der Waals surface area contributed by atoms with Crippen LogP contribution in [0.25, 0.3) is 60.4 Å². The van der Waals surface area contributed by atoms with E-state index in [2.05, 4.69) is 608 Å². The topological polar surface area (TPSA) is 35.3 Å². The molecular weight excluding hydrogens is 1820 g/mol. The third-order valence-electron chi connectivity index (χ3n) is 28.7. The molecule has 4 aliphatic heterocycles. The van der Waals surface area contributed by atoms with Crippen LogP contribution in [0.2, 0.25) is 0 Å². The summed E-state index contributed by atoms with van der Waals surface area (Å²) in [5.74, 6) is 1.84. The first-order valence-corrected chi connectivity index (χ1v) is 55.2. The quantitative estimate of drug-likeness (QED) is 0.154.